The fourth-order valence-electron chi connectivity index (χ4n) is 9.54. The van der Waals surface area contributed by atoms with Crippen molar-refractivity contribution in [3.05, 3.63) is 58.2 Å². The van der Waals surface area contributed by atoms with E-state index in [9.17, 15) is 4.79 Å². The molecule has 3 heteroatoms. The molecule has 5 aliphatic rings. The molecule has 0 N–H and O–H groups in total. The Bertz CT molecular complexity index is 1230. The highest BCUT2D eigenvalue weighted by Crippen LogP contribution is 2.60. The van der Waals surface area contributed by atoms with E-state index in [0.29, 0.717) is 41.6 Å². The molecule has 0 amide bonds. The molecular weight excluding hydrogens is 480 g/mol. The molecule has 5 rings (SSSR count). The Balaban J connectivity index is 1.77. The minimum absolute atomic E-state index is 0.0131. The summed E-state index contributed by atoms with van der Waals surface area (Å²) >= 11 is 0. The number of ketones is 1. The molecule has 212 valence electrons. The lowest BCUT2D eigenvalue weighted by atomic mass is 9.47. The standard InChI is InChI=1S/C36H50O3/c1-19-15-24(6)30-17-22(4)20(2)11-12-21(3)29-14-13-28-26(8)23(5)16-25(7)32(28)35(29,10)33(37)31-27(9)36(30,18-19)39-34(31)38/h12-15,17,20,23-26,28-30,32H,11,16,18H2,1-10H3/b21-12+,22-17+. The van der Waals surface area contributed by atoms with Crippen LogP contribution >= 0.6 is 0 Å². The van der Waals surface area contributed by atoms with Crippen LogP contribution in [0.1, 0.15) is 88.5 Å². The molecule has 2 bridgehead atoms. The average molecular weight is 531 g/mol. The van der Waals surface area contributed by atoms with Gasteiger partial charge in [0.25, 0.3) is 0 Å². The predicted molar refractivity (Wildman–Crippen MR) is 159 cm³/mol. The van der Waals surface area contributed by atoms with Crippen LogP contribution in [0, 0.1) is 58.7 Å². The number of esters is 1. The van der Waals surface area contributed by atoms with Crippen molar-refractivity contribution < 1.29 is 14.3 Å². The first kappa shape index (κ1) is 28.4. The Labute approximate surface area is 236 Å². The molecule has 4 aliphatic carbocycles. The van der Waals surface area contributed by atoms with Gasteiger partial charge in [-0.05, 0) is 87.5 Å². The molecule has 39 heavy (non-hydrogen) atoms. The summed E-state index contributed by atoms with van der Waals surface area (Å²) in [6.07, 6.45) is 14.5. The number of hydrogen-bond acceptors (Lipinski definition) is 3. The van der Waals surface area contributed by atoms with E-state index in [2.05, 4.69) is 92.7 Å². The lowest BCUT2D eigenvalue weighted by Crippen LogP contribution is -2.54. The summed E-state index contributed by atoms with van der Waals surface area (Å²) in [7, 11) is 0. The molecule has 3 nitrogen and oxygen atoms in total. The number of allylic oxidation sites excluding steroid dienone is 6. The Morgan fingerprint density at radius 3 is 2.28 bits per heavy atom. The topological polar surface area (TPSA) is 43.4 Å². The van der Waals surface area contributed by atoms with Crippen molar-refractivity contribution in [3.8, 4) is 0 Å². The quantitative estimate of drug-likeness (QED) is 0.179. The second-order valence-corrected chi connectivity index (χ2v) is 14.5. The van der Waals surface area contributed by atoms with Crippen LogP contribution < -0.4 is 0 Å². The first-order valence-electron chi connectivity index (χ1n) is 15.4. The highest BCUT2D eigenvalue weighted by atomic mass is 16.6. The Hall–Kier alpha value is -2.16. The van der Waals surface area contributed by atoms with Crippen LogP contribution in [-0.2, 0) is 14.3 Å². The molecule has 1 saturated carbocycles. The molecule has 0 aromatic rings. The highest BCUT2D eigenvalue weighted by Gasteiger charge is 2.61. The molecule has 1 heterocycles. The predicted octanol–water partition coefficient (Wildman–Crippen LogP) is 8.44. The fraction of sp³-hybridized carbons (Fsp3) is 0.667. The number of ether oxygens (including phenoxy) is 1. The van der Waals surface area contributed by atoms with Gasteiger partial charge in [0.1, 0.15) is 11.2 Å². The van der Waals surface area contributed by atoms with Gasteiger partial charge in [0.15, 0.2) is 5.78 Å². The number of carbonyl (C=O) groups excluding carboxylic acids is 2. The molecule has 11 unspecified atom stereocenters. The fourth-order valence-corrected chi connectivity index (χ4v) is 9.54. The van der Waals surface area contributed by atoms with Crippen molar-refractivity contribution in [2.75, 3.05) is 0 Å². The van der Waals surface area contributed by atoms with E-state index in [0.717, 1.165) is 18.4 Å². The number of hydrogen-bond donors (Lipinski definition) is 0. The maximum atomic E-state index is 15.1. The molecule has 0 aromatic heterocycles. The zero-order chi connectivity index (χ0) is 28.6. The third-order valence-corrected chi connectivity index (χ3v) is 12.0. The van der Waals surface area contributed by atoms with Crippen LogP contribution in [0.15, 0.2) is 58.2 Å². The van der Waals surface area contributed by atoms with Crippen molar-refractivity contribution in [1.82, 2.24) is 0 Å². The largest absolute Gasteiger partial charge is 0.450 e. The minimum atomic E-state index is -0.784. The van der Waals surface area contributed by atoms with Crippen LogP contribution in [0.3, 0.4) is 0 Å². The van der Waals surface area contributed by atoms with Gasteiger partial charge in [-0.3, -0.25) is 4.79 Å². The molecule has 0 saturated heterocycles. The van der Waals surface area contributed by atoms with Gasteiger partial charge in [-0.25, -0.2) is 4.79 Å². The molecular formula is C36H50O3. The molecule has 11 atom stereocenters. The van der Waals surface area contributed by atoms with Crippen LogP contribution in [0.25, 0.3) is 0 Å². The molecule has 1 aliphatic heterocycles. The number of rotatable bonds is 0. The first-order valence-corrected chi connectivity index (χ1v) is 15.4. The highest BCUT2D eigenvalue weighted by molar-refractivity contribution is 6.22. The summed E-state index contributed by atoms with van der Waals surface area (Å²) in [4.78, 5) is 29.1. The van der Waals surface area contributed by atoms with E-state index < -0.39 is 17.0 Å². The second-order valence-electron chi connectivity index (χ2n) is 14.5. The van der Waals surface area contributed by atoms with E-state index in [1.165, 1.54) is 16.7 Å². The summed E-state index contributed by atoms with van der Waals surface area (Å²) in [6, 6.07) is 0. The number of carbonyl (C=O) groups is 2. The van der Waals surface area contributed by atoms with Crippen LogP contribution in [0.4, 0.5) is 0 Å². The van der Waals surface area contributed by atoms with Gasteiger partial charge in [0, 0.05) is 23.7 Å². The van der Waals surface area contributed by atoms with Crippen molar-refractivity contribution in [3.63, 3.8) is 0 Å². The lowest BCUT2D eigenvalue weighted by molar-refractivity contribution is -0.153. The number of Topliss-reactive ketones (excluding diaryl/α,β-unsaturated/α-hetero) is 1. The Kier molecular flexibility index (Phi) is 7.08. The molecule has 1 spiro atoms. The van der Waals surface area contributed by atoms with Crippen molar-refractivity contribution in [2.45, 2.75) is 94.1 Å². The van der Waals surface area contributed by atoms with Crippen molar-refractivity contribution >= 4 is 11.8 Å². The van der Waals surface area contributed by atoms with Crippen LogP contribution in [0.5, 0.6) is 0 Å². The smallest absolute Gasteiger partial charge is 0.342 e. The first-order chi connectivity index (χ1) is 18.2. The zero-order valence-electron chi connectivity index (χ0n) is 25.9. The van der Waals surface area contributed by atoms with Crippen LogP contribution in [0.2, 0.25) is 0 Å². The van der Waals surface area contributed by atoms with Gasteiger partial charge in [-0.15, -0.1) is 0 Å². The maximum Gasteiger partial charge on any atom is 0.342 e. The second kappa shape index (κ2) is 9.74. The Morgan fingerprint density at radius 2 is 1.59 bits per heavy atom. The summed E-state index contributed by atoms with van der Waals surface area (Å²) in [5, 5.41) is 0. The lowest BCUT2D eigenvalue weighted by Gasteiger charge is -2.55. The maximum absolute atomic E-state index is 15.1. The van der Waals surface area contributed by atoms with E-state index in [4.69, 9.17) is 4.74 Å². The van der Waals surface area contributed by atoms with Gasteiger partial charge in [-0.1, -0.05) is 88.6 Å². The normalized spacial score (nSPS) is 49.1. The summed E-state index contributed by atoms with van der Waals surface area (Å²) < 4.78 is 6.47. The summed E-state index contributed by atoms with van der Waals surface area (Å²) in [6.45, 7) is 22.4. The average Bonchev–Trinajstić information content (AvgIpc) is 3.10. The van der Waals surface area contributed by atoms with Gasteiger partial charge in [0.2, 0.25) is 0 Å². The number of fused-ring (bicyclic) bond motifs is 3. The monoisotopic (exact) mass is 530 g/mol. The third-order valence-electron chi connectivity index (χ3n) is 12.0. The van der Waals surface area contributed by atoms with E-state index in [1.54, 1.807) is 0 Å². The van der Waals surface area contributed by atoms with Gasteiger partial charge < -0.3 is 4.74 Å². The zero-order valence-corrected chi connectivity index (χ0v) is 25.9. The third kappa shape index (κ3) is 4.12. The van der Waals surface area contributed by atoms with Gasteiger partial charge in [-0.2, -0.15) is 0 Å². The summed E-state index contributed by atoms with van der Waals surface area (Å²) in [5.74, 6) is 2.21. The van der Waals surface area contributed by atoms with Crippen molar-refractivity contribution in [1.29, 1.82) is 0 Å². The van der Waals surface area contributed by atoms with Gasteiger partial charge >= 0.3 is 5.97 Å². The van der Waals surface area contributed by atoms with E-state index in [1.807, 2.05) is 6.92 Å². The molecule has 0 aromatic carbocycles. The molecule has 0 radical (unpaired) electrons. The SMILES string of the molecule is CC1=CC(C)C2/C=C(\C)C(C)C/C=C(\C)C3C=CC4C(C)C(C)CC(C)C4C3(C)C(=O)C3=C(C)C2(C1)OC3=O. The van der Waals surface area contributed by atoms with Crippen molar-refractivity contribution in [2.24, 2.45) is 58.7 Å². The minimum Gasteiger partial charge on any atom is -0.450 e. The summed E-state index contributed by atoms with van der Waals surface area (Å²) in [5.41, 5.74) is 3.53. The van der Waals surface area contributed by atoms with E-state index in [-0.39, 0.29) is 29.5 Å². The van der Waals surface area contributed by atoms with Gasteiger partial charge in [0.05, 0.1) is 0 Å². The molecule has 1 fully saturated rings. The van der Waals surface area contributed by atoms with Crippen LogP contribution in [-0.4, -0.2) is 17.4 Å². The Morgan fingerprint density at radius 1 is 0.897 bits per heavy atom. The van der Waals surface area contributed by atoms with E-state index >= 15 is 4.79 Å².